The first-order chi connectivity index (χ1) is 7.66. The summed E-state index contributed by atoms with van der Waals surface area (Å²) in [6, 6.07) is 7.80. The molecule has 0 bridgehead atoms. The highest BCUT2D eigenvalue weighted by molar-refractivity contribution is 5.87. The summed E-state index contributed by atoms with van der Waals surface area (Å²) < 4.78 is 0. The summed E-state index contributed by atoms with van der Waals surface area (Å²) >= 11 is 0. The third-order valence-corrected chi connectivity index (χ3v) is 2.57. The number of benzene rings is 1. The molecule has 0 aromatic heterocycles. The van der Waals surface area contributed by atoms with E-state index >= 15 is 0 Å². The van der Waals surface area contributed by atoms with Crippen molar-refractivity contribution < 1.29 is 14.7 Å². The summed E-state index contributed by atoms with van der Waals surface area (Å²) in [5.74, 6) is -1.01. The maximum Gasteiger partial charge on any atom is 0.328 e. The predicted molar refractivity (Wildman–Crippen MR) is 57.0 cm³/mol. The van der Waals surface area contributed by atoms with Crippen molar-refractivity contribution in [2.75, 3.05) is 0 Å². The molecule has 1 fully saturated rings. The third kappa shape index (κ3) is 2.13. The van der Waals surface area contributed by atoms with Crippen molar-refractivity contribution in [1.29, 1.82) is 0 Å². The van der Waals surface area contributed by atoms with Crippen LogP contribution < -0.4 is 10.6 Å². The summed E-state index contributed by atoms with van der Waals surface area (Å²) in [4.78, 5) is 22.0. The number of urea groups is 1. The van der Waals surface area contributed by atoms with E-state index in [1.54, 1.807) is 0 Å². The smallest absolute Gasteiger partial charge is 0.328 e. The van der Waals surface area contributed by atoms with E-state index in [2.05, 4.69) is 10.6 Å². The number of carboxylic acid groups (broad SMARTS) is 1. The monoisotopic (exact) mass is 220 g/mol. The quantitative estimate of drug-likeness (QED) is 0.688. The van der Waals surface area contributed by atoms with Gasteiger partial charge in [0.25, 0.3) is 0 Å². The maximum atomic E-state index is 11.1. The Bertz CT molecular complexity index is 405. The molecule has 2 amide bonds. The number of carbonyl (C=O) groups excluding carboxylic acids is 1. The van der Waals surface area contributed by atoms with Crippen LogP contribution in [-0.2, 0) is 11.2 Å². The van der Waals surface area contributed by atoms with E-state index in [0.717, 1.165) is 5.56 Å². The lowest BCUT2D eigenvalue weighted by Gasteiger charge is -2.14. The lowest BCUT2D eigenvalue weighted by molar-refractivity contribution is -0.139. The molecule has 3 N–H and O–H groups in total. The van der Waals surface area contributed by atoms with Crippen LogP contribution in [0.2, 0.25) is 0 Å². The number of nitrogens with one attached hydrogen (secondary N) is 2. The lowest BCUT2D eigenvalue weighted by Crippen LogP contribution is -2.41. The highest BCUT2D eigenvalue weighted by Crippen LogP contribution is 2.10. The van der Waals surface area contributed by atoms with Crippen molar-refractivity contribution >= 4 is 12.0 Å². The Balaban J connectivity index is 2.09. The van der Waals surface area contributed by atoms with E-state index in [4.69, 9.17) is 5.11 Å². The Morgan fingerprint density at radius 1 is 1.25 bits per heavy atom. The minimum absolute atomic E-state index is 0.396. The molecule has 0 radical (unpaired) electrons. The summed E-state index contributed by atoms with van der Waals surface area (Å²) in [5, 5.41) is 13.9. The van der Waals surface area contributed by atoms with Crippen LogP contribution in [0, 0.1) is 0 Å². The first kappa shape index (κ1) is 10.5. The Labute approximate surface area is 92.5 Å². The summed E-state index contributed by atoms with van der Waals surface area (Å²) in [6.45, 7) is 0. The highest BCUT2D eigenvalue weighted by Gasteiger charge is 2.36. The van der Waals surface area contributed by atoms with Crippen LogP contribution in [0.4, 0.5) is 4.79 Å². The number of hydrogen-bond donors (Lipinski definition) is 3. The second kappa shape index (κ2) is 4.22. The molecule has 2 atom stereocenters. The zero-order chi connectivity index (χ0) is 11.5. The molecule has 84 valence electrons. The molecular formula is C11H12N2O3. The van der Waals surface area contributed by atoms with E-state index in [1.807, 2.05) is 30.3 Å². The van der Waals surface area contributed by atoms with Crippen LogP contribution in [0.15, 0.2) is 30.3 Å². The Kier molecular flexibility index (Phi) is 2.76. The van der Waals surface area contributed by atoms with E-state index in [-0.39, 0.29) is 0 Å². The standard InChI is InChI=1S/C11H12N2O3/c14-10(15)9-8(12-11(16)13-9)6-7-4-2-1-3-5-7/h1-5,8-9H,6H2,(H,14,15)(H2,12,13,16)/t8-,9-/m1/s1. The third-order valence-electron chi connectivity index (χ3n) is 2.57. The van der Waals surface area contributed by atoms with E-state index in [9.17, 15) is 9.59 Å². The number of aliphatic carboxylic acids is 1. The molecule has 1 aliphatic rings. The van der Waals surface area contributed by atoms with Gasteiger partial charge in [-0.2, -0.15) is 0 Å². The van der Waals surface area contributed by atoms with E-state index < -0.39 is 24.1 Å². The van der Waals surface area contributed by atoms with Crippen molar-refractivity contribution in [2.45, 2.75) is 18.5 Å². The minimum atomic E-state index is -1.01. The number of carbonyl (C=O) groups is 2. The van der Waals surface area contributed by atoms with Crippen molar-refractivity contribution in [3.63, 3.8) is 0 Å². The van der Waals surface area contributed by atoms with Crippen molar-refractivity contribution in [3.8, 4) is 0 Å². The molecule has 1 aromatic carbocycles. The molecule has 1 aliphatic heterocycles. The number of rotatable bonds is 3. The van der Waals surface area contributed by atoms with Crippen LogP contribution >= 0.6 is 0 Å². The molecule has 1 aromatic rings. The van der Waals surface area contributed by atoms with Crippen LogP contribution in [0.3, 0.4) is 0 Å². The largest absolute Gasteiger partial charge is 0.480 e. The summed E-state index contributed by atoms with van der Waals surface area (Å²) in [6.07, 6.45) is 0.510. The SMILES string of the molecule is O=C1N[C@H](Cc2ccccc2)[C@H](C(=O)O)N1. The van der Waals surface area contributed by atoms with Crippen LogP contribution in [0.25, 0.3) is 0 Å². The van der Waals surface area contributed by atoms with Gasteiger partial charge >= 0.3 is 12.0 Å². The van der Waals surface area contributed by atoms with Gasteiger partial charge in [0.15, 0.2) is 0 Å². The fourth-order valence-corrected chi connectivity index (χ4v) is 1.81. The lowest BCUT2D eigenvalue weighted by atomic mass is 10.0. The van der Waals surface area contributed by atoms with Gasteiger partial charge in [-0.15, -0.1) is 0 Å². The zero-order valence-electron chi connectivity index (χ0n) is 8.51. The Hall–Kier alpha value is -2.04. The van der Waals surface area contributed by atoms with Crippen LogP contribution in [-0.4, -0.2) is 29.2 Å². The average Bonchev–Trinajstić information content (AvgIpc) is 2.61. The van der Waals surface area contributed by atoms with Crippen molar-refractivity contribution in [1.82, 2.24) is 10.6 Å². The molecule has 16 heavy (non-hydrogen) atoms. The van der Waals surface area contributed by atoms with Crippen molar-refractivity contribution in [2.24, 2.45) is 0 Å². The maximum absolute atomic E-state index is 11.1. The van der Waals surface area contributed by atoms with Gasteiger partial charge in [0.05, 0.1) is 6.04 Å². The molecule has 5 nitrogen and oxygen atoms in total. The Morgan fingerprint density at radius 2 is 1.94 bits per heavy atom. The molecular weight excluding hydrogens is 208 g/mol. The second-order valence-electron chi connectivity index (χ2n) is 3.73. The summed E-state index contributed by atoms with van der Waals surface area (Å²) in [7, 11) is 0. The van der Waals surface area contributed by atoms with Crippen LogP contribution in [0.5, 0.6) is 0 Å². The Morgan fingerprint density at radius 3 is 2.56 bits per heavy atom. The normalized spacial score (nSPS) is 23.6. The fraction of sp³-hybridized carbons (Fsp3) is 0.273. The molecule has 0 aliphatic carbocycles. The van der Waals surface area contributed by atoms with Gasteiger partial charge in [-0.3, -0.25) is 0 Å². The number of carboxylic acids is 1. The van der Waals surface area contributed by atoms with E-state index in [0.29, 0.717) is 6.42 Å². The molecule has 2 rings (SSSR count). The second-order valence-corrected chi connectivity index (χ2v) is 3.73. The minimum Gasteiger partial charge on any atom is -0.480 e. The molecule has 5 heteroatoms. The van der Waals surface area contributed by atoms with Gasteiger partial charge < -0.3 is 15.7 Å². The molecule has 1 saturated heterocycles. The number of hydrogen-bond acceptors (Lipinski definition) is 2. The van der Waals surface area contributed by atoms with Gasteiger partial charge in [-0.25, -0.2) is 9.59 Å². The first-order valence-electron chi connectivity index (χ1n) is 5.00. The predicted octanol–water partition coefficient (Wildman–Crippen LogP) is 0.364. The fourth-order valence-electron chi connectivity index (χ4n) is 1.81. The molecule has 1 heterocycles. The van der Waals surface area contributed by atoms with Gasteiger partial charge in [0.2, 0.25) is 0 Å². The summed E-state index contributed by atoms with van der Waals surface area (Å²) in [5.41, 5.74) is 1.00. The van der Waals surface area contributed by atoms with Crippen molar-refractivity contribution in [3.05, 3.63) is 35.9 Å². The van der Waals surface area contributed by atoms with E-state index in [1.165, 1.54) is 0 Å². The van der Waals surface area contributed by atoms with Gasteiger partial charge in [-0.1, -0.05) is 30.3 Å². The van der Waals surface area contributed by atoms with Gasteiger partial charge in [0.1, 0.15) is 6.04 Å². The first-order valence-corrected chi connectivity index (χ1v) is 5.00. The molecule has 0 unspecified atom stereocenters. The average molecular weight is 220 g/mol. The number of amides is 2. The zero-order valence-corrected chi connectivity index (χ0v) is 8.51. The van der Waals surface area contributed by atoms with Crippen LogP contribution in [0.1, 0.15) is 5.56 Å². The molecule has 0 saturated carbocycles. The van der Waals surface area contributed by atoms with Gasteiger partial charge in [0, 0.05) is 0 Å². The topological polar surface area (TPSA) is 78.4 Å². The highest BCUT2D eigenvalue weighted by atomic mass is 16.4. The van der Waals surface area contributed by atoms with Gasteiger partial charge in [-0.05, 0) is 12.0 Å². The molecule has 0 spiro atoms.